The molecule has 0 aliphatic carbocycles. The highest BCUT2D eigenvalue weighted by atomic mass is 32.2. The highest BCUT2D eigenvalue weighted by Crippen LogP contribution is 2.44. The van der Waals surface area contributed by atoms with E-state index >= 15 is 0 Å². The fourth-order valence-corrected chi connectivity index (χ4v) is 4.64. The molecule has 0 unspecified atom stereocenters. The van der Waals surface area contributed by atoms with E-state index in [9.17, 15) is 18.1 Å². The van der Waals surface area contributed by atoms with E-state index in [1.165, 1.54) is 6.07 Å². The van der Waals surface area contributed by atoms with Crippen LogP contribution in [0.15, 0.2) is 68.6 Å². The predicted molar refractivity (Wildman–Crippen MR) is 127 cm³/mol. The fourth-order valence-electron chi connectivity index (χ4n) is 3.81. The summed E-state index contributed by atoms with van der Waals surface area (Å²) in [7, 11) is -4.61. The zero-order valence-electron chi connectivity index (χ0n) is 17.4. The van der Waals surface area contributed by atoms with E-state index in [0.717, 1.165) is 5.56 Å². The topological polar surface area (TPSA) is 138 Å². The third-order valence-corrected chi connectivity index (χ3v) is 6.30. The Morgan fingerprint density at radius 2 is 1.66 bits per heavy atom. The molecule has 0 aliphatic heterocycles. The maximum absolute atomic E-state index is 12.2. The number of hydrogen-bond acceptors (Lipinski definition) is 7. The van der Waals surface area contributed by atoms with E-state index in [0.29, 0.717) is 32.8 Å². The molecule has 4 N–H and O–H groups in total. The first kappa shape index (κ1) is 21.4. The maximum atomic E-state index is 12.2. The van der Waals surface area contributed by atoms with Crippen molar-refractivity contribution in [3.8, 4) is 5.75 Å². The minimum Gasteiger partial charge on any atom is -0.505 e. The van der Waals surface area contributed by atoms with Gasteiger partial charge in [-0.3, -0.25) is 9.55 Å². The zero-order valence-corrected chi connectivity index (χ0v) is 18.2. The highest BCUT2D eigenvalue weighted by molar-refractivity contribution is 7.86. The molecule has 0 atom stereocenters. The van der Waals surface area contributed by atoms with Crippen LogP contribution in [-0.4, -0.2) is 24.8 Å². The number of fused-ring (bicyclic) bond motifs is 2. The Morgan fingerprint density at radius 3 is 2.34 bits per heavy atom. The van der Waals surface area contributed by atoms with Crippen LogP contribution in [0.5, 0.6) is 5.75 Å². The number of azo groups is 1. The van der Waals surface area contributed by atoms with Gasteiger partial charge in [0, 0.05) is 5.39 Å². The van der Waals surface area contributed by atoms with Crippen LogP contribution < -0.4 is 5.73 Å². The summed E-state index contributed by atoms with van der Waals surface area (Å²) in [5.74, 6) is -0.211. The van der Waals surface area contributed by atoms with Gasteiger partial charge in [-0.2, -0.15) is 8.42 Å². The molecule has 0 radical (unpaired) electrons. The van der Waals surface area contributed by atoms with Crippen LogP contribution in [0.4, 0.5) is 22.7 Å². The number of aliphatic imine (C=N–C) groups is 1. The molecule has 0 fully saturated rings. The van der Waals surface area contributed by atoms with Crippen LogP contribution in [-0.2, 0) is 10.1 Å². The lowest BCUT2D eigenvalue weighted by Gasteiger charge is -2.12. The number of aromatic hydroxyl groups is 1. The normalized spacial score (nSPS) is 12.1. The van der Waals surface area contributed by atoms with Gasteiger partial charge in [0.15, 0.2) is 5.75 Å². The average molecular weight is 449 g/mol. The van der Waals surface area contributed by atoms with Crippen molar-refractivity contribution >= 4 is 61.1 Å². The summed E-state index contributed by atoms with van der Waals surface area (Å²) < 4.78 is 34.3. The molecule has 32 heavy (non-hydrogen) atoms. The smallest absolute Gasteiger partial charge is 0.297 e. The Labute approximate surface area is 184 Å². The molecule has 0 bridgehead atoms. The molecule has 0 spiro atoms. The van der Waals surface area contributed by atoms with E-state index < -0.39 is 10.1 Å². The van der Waals surface area contributed by atoms with Gasteiger partial charge in [-0.25, -0.2) is 0 Å². The Bertz CT molecular complexity index is 1560. The van der Waals surface area contributed by atoms with Crippen LogP contribution in [0.25, 0.3) is 21.5 Å². The molecule has 4 rings (SSSR count). The number of anilines is 1. The summed E-state index contributed by atoms with van der Waals surface area (Å²) in [6.45, 7) is 7.04. The lowest BCUT2D eigenvalue weighted by Crippen LogP contribution is -2.00. The molecule has 9 heteroatoms. The van der Waals surface area contributed by atoms with Gasteiger partial charge in [-0.1, -0.05) is 30.3 Å². The van der Waals surface area contributed by atoms with E-state index in [-0.39, 0.29) is 27.7 Å². The molecular formula is C23H20N4O4S. The summed E-state index contributed by atoms with van der Waals surface area (Å²) in [4.78, 5) is 3.50. The summed E-state index contributed by atoms with van der Waals surface area (Å²) >= 11 is 0. The first-order valence-electron chi connectivity index (χ1n) is 9.56. The van der Waals surface area contributed by atoms with Crippen LogP contribution in [0.3, 0.4) is 0 Å². The number of phenolic OH excluding ortho intramolecular Hbond substituents is 1. The van der Waals surface area contributed by atoms with Crippen molar-refractivity contribution in [3.05, 3.63) is 59.7 Å². The number of nitrogen functional groups attached to an aromatic ring is 1. The molecule has 0 aromatic heterocycles. The van der Waals surface area contributed by atoms with E-state index in [2.05, 4.69) is 21.9 Å². The third kappa shape index (κ3) is 3.47. The second-order valence-electron chi connectivity index (χ2n) is 7.40. The molecule has 0 saturated carbocycles. The summed E-state index contributed by atoms with van der Waals surface area (Å²) in [5.41, 5.74) is 8.31. The molecule has 4 aromatic rings. The van der Waals surface area contributed by atoms with Crippen LogP contribution in [0.1, 0.15) is 11.1 Å². The second-order valence-corrected chi connectivity index (χ2v) is 8.76. The number of rotatable bonds is 4. The third-order valence-electron chi connectivity index (χ3n) is 5.36. The monoisotopic (exact) mass is 448 g/mol. The largest absolute Gasteiger partial charge is 0.505 e. The average Bonchev–Trinajstić information content (AvgIpc) is 2.72. The number of phenols is 1. The SMILES string of the molecule is C=Nc1ccc2cc(C)c(N=Nc3ccc4c(C)cccc4c3S(=O)(=O)O)c(O)c2c1N. The Balaban J connectivity index is 1.96. The number of aryl methyl sites for hydroxylation is 2. The van der Waals surface area contributed by atoms with Crippen molar-refractivity contribution in [2.75, 3.05) is 5.73 Å². The van der Waals surface area contributed by atoms with Crippen LogP contribution in [0, 0.1) is 13.8 Å². The Kier molecular flexibility index (Phi) is 5.15. The summed E-state index contributed by atoms with van der Waals surface area (Å²) in [5, 5.41) is 21.1. The molecule has 0 amide bonds. The van der Waals surface area contributed by atoms with Gasteiger partial charge in [0.25, 0.3) is 10.1 Å². The molecule has 0 saturated heterocycles. The van der Waals surface area contributed by atoms with Crippen molar-refractivity contribution < 1.29 is 18.1 Å². The number of benzene rings is 4. The van der Waals surface area contributed by atoms with E-state index in [1.807, 2.05) is 13.0 Å². The molecular weight excluding hydrogens is 428 g/mol. The van der Waals surface area contributed by atoms with Gasteiger partial charge in [0.1, 0.15) is 16.3 Å². The second kappa shape index (κ2) is 7.70. The number of nitrogens with zero attached hydrogens (tertiary/aromatic N) is 3. The standard InChI is InChI=1S/C23H20N4O4S/c1-12-5-4-6-16-15(12)8-10-18(23(16)32(29,30)31)26-27-21-13(2)11-14-7-9-17(25-3)20(24)19(14)22(21)28/h4-11,28H,3,24H2,1-2H3,(H,29,30,31). The molecule has 162 valence electrons. The fraction of sp³-hybridized carbons (Fsp3) is 0.0870. The van der Waals surface area contributed by atoms with Gasteiger partial charge < -0.3 is 10.8 Å². The molecule has 0 aliphatic rings. The van der Waals surface area contributed by atoms with Crippen molar-refractivity contribution in [2.24, 2.45) is 15.2 Å². The summed E-state index contributed by atoms with van der Waals surface area (Å²) in [6.07, 6.45) is 0. The highest BCUT2D eigenvalue weighted by Gasteiger charge is 2.21. The van der Waals surface area contributed by atoms with E-state index in [4.69, 9.17) is 5.73 Å². The van der Waals surface area contributed by atoms with Gasteiger partial charge >= 0.3 is 0 Å². The lowest BCUT2D eigenvalue weighted by atomic mass is 10.0. The maximum Gasteiger partial charge on any atom is 0.297 e. The predicted octanol–water partition coefficient (Wildman–Crippen LogP) is 5.89. The Hall–Kier alpha value is -3.82. The van der Waals surface area contributed by atoms with Gasteiger partial charge in [0.2, 0.25) is 0 Å². The molecule has 8 nitrogen and oxygen atoms in total. The van der Waals surface area contributed by atoms with Gasteiger partial charge in [-0.15, -0.1) is 10.2 Å². The van der Waals surface area contributed by atoms with Crippen molar-refractivity contribution in [1.29, 1.82) is 0 Å². The van der Waals surface area contributed by atoms with Gasteiger partial charge in [-0.05, 0) is 60.7 Å². The van der Waals surface area contributed by atoms with E-state index in [1.54, 1.807) is 43.3 Å². The van der Waals surface area contributed by atoms with Gasteiger partial charge in [0.05, 0.1) is 16.8 Å². The number of nitrogens with two attached hydrogens (primary N) is 1. The lowest BCUT2D eigenvalue weighted by molar-refractivity contribution is 0.482. The van der Waals surface area contributed by atoms with Crippen molar-refractivity contribution in [3.63, 3.8) is 0 Å². The van der Waals surface area contributed by atoms with Crippen LogP contribution in [0.2, 0.25) is 0 Å². The quantitative estimate of drug-likeness (QED) is 0.155. The first-order chi connectivity index (χ1) is 15.1. The van der Waals surface area contributed by atoms with Crippen molar-refractivity contribution in [1.82, 2.24) is 0 Å². The summed E-state index contributed by atoms with van der Waals surface area (Å²) in [6, 6.07) is 13.5. The van der Waals surface area contributed by atoms with Crippen LogP contribution >= 0.6 is 0 Å². The van der Waals surface area contributed by atoms with Crippen molar-refractivity contribution in [2.45, 2.75) is 18.7 Å². The Morgan fingerprint density at radius 1 is 0.938 bits per heavy atom. The zero-order chi connectivity index (χ0) is 23.2. The minimum atomic E-state index is -4.61. The molecule has 0 heterocycles. The first-order valence-corrected chi connectivity index (χ1v) is 11.0. The minimum absolute atomic E-state index is 0.0565. The molecule has 4 aromatic carbocycles. The number of hydrogen-bond donors (Lipinski definition) is 3.